The van der Waals surface area contributed by atoms with Gasteiger partial charge in [-0.2, -0.15) is 0 Å². The summed E-state index contributed by atoms with van der Waals surface area (Å²) in [5.74, 6) is 0.997. The molecule has 0 bridgehead atoms. The lowest BCUT2D eigenvalue weighted by atomic mass is 9.97. The maximum atomic E-state index is 12.1. The minimum Gasteiger partial charge on any atom is -0.508 e. The largest absolute Gasteiger partial charge is 0.514 e. The minimum atomic E-state index is -0.649. The average molecular weight is 356 g/mol. The second kappa shape index (κ2) is 9.85. The van der Waals surface area contributed by atoms with Gasteiger partial charge in [0.05, 0.1) is 0 Å². The minimum absolute atomic E-state index is 0.108. The molecule has 2 rings (SSSR count). The smallest absolute Gasteiger partial charge is 0.508 e. The van der Waals surface area contributed by atoms with Crippen LogP contribution in [0.15, 0.2) is 48.5 Å². The van der Waals surface area contributed by atoms with E-state index in [2.05, 4.69) is 20.8 Å². The molecule has 0 aliphatic carbocycles. The van der Waals surface area contributed by atoms with Gasteiger partial charge in [0.15, 0.2) is 0 Å². The lowest BCUT2D eigenvalue weighted by Gasteiger charge is -2.22. The molecule has 4 heteroatoms. The van der Waals surface area contributed by atoms with Gasteiger partial charge in [-0.05, 0) is 47.7 Å². The highest BCUT2D eigenvalue weighted by Gasteiger charge is 2.21. The molecule has 0 aromatic heterocycles. The molecule has 4 nitrogen and oxygen atoms in total. The Balaban J connectivity index is 1.96. The second-order valence-electron chi connectivity index (χ2n) is 6.61. The summed E-state index contributed by atoms with van der Waals surface area (Å²) in [7, 11) is 0. The van der Waals surface area contributed by atoms with Gasteiger partial charge in [-0.3, -0.25) is 0 Å². The molecule has 1 N–H and O–H groups in total. The van der Waals surface area contributed by atoms with E-state index < -0.39 is 6.16 Å². The Kier molecular flexibility index (Phi) is 7.52. The fourth-order valence-corrected chi connectivity index (χ4v) is 2.74. The van der Waals surface area contributed by atoms with Crippen molar-refractivity contribution >= 4 is 6.16 Å². The number of phenolic OH excluding ortho intramolecular Hbond substituents is 1. The first-order valence-electron chi connectivity index (χ1n) is 9.31. The van der Waals surface area contributed by atoms with Gasteiger partial charge in [0.25, 0.3) is 0 Å². The van der Waals surface area contributed by atoms with Crippen LogP contribution in [0.5, 0.6) is 11.5 Å². The van der Waals surface area contributed by atoms with E-state index in [0.29, 0.717) is 11.7 Å². The number of carbonyl (C=O) groups is 1. The number of aromatic hydroxyl groups is 1. The van der Waals surface area contributed by atoms with Crippen LogP contribution >= 0.6 is 0 Å². The van der Waals surface area contributed by atoms with Crippen molar-refractivity contribution < 1.29 is 19.4 Å². The molecule has 0 spiro atoms. The van der Waals surface area contributed by atoms with E-state index in [0.717, 1.165) is 36.8 Å². The number of benzene rings is 2. The van der Waals surface area contributed by atoms with Crippen LogP contribution in [0.4, 0.5) is 4.79 Å². The molecule has 0 heterocycles. The van der Waals surface area contributed by atoms with E-state index in [1.54, 1.807) is 24.3 Å². The van der Waals surface area contributed by atoms with E-state index in [-0.39, 0.29) is 11.9 Å². The van der Waals surface area contributed by atoms with Crippen LogP contribution in [-0.2, 0) is 4.74 Å². The van der Waals surface area contributed by atoms with E-state index in [1.165, 1.54) is 0 Å². The maximum absolute atomic E-state index is 12.1. The molecule has 0 saturated carbocycles. The van der Waals surface area contributed by atoms with Crippen LogP contribution in [0.1, 0.15) is 46.5 Å². The van der Waals surface area contributed by atoms with Crippen LogP contribution < -0.4 is 4.74 Å². The number of carbonyl (C=O) groups excluding carboxylic acids is 1. The van der Waals surface area contributed by atoms with Crippen molar-refractivity contribution in [3.8, 4) is 22.6 Å². The summed E-state index contributed by atoms with van der Waals surface area (Å²) in [6, 6.07) is 14.2. The summed E-state index contributed by atoms with van der Waals surface area (Å²) in [6.45, 7) is 6.32. The van der Waals surface area contributed by atoms with Crippen LogP contribution in [0, 0.1) is 5.92 Å². The number of unbranched alkanes of at least 4 members (excludes halogenated alkanes) is 1. The van der Waals surface area contributed by atoms with Gasteiger partial charge in [-0.15, -0.1) is 0 Å². The van der Waals surface area contributed by atoms with E-state index in [1.807, 2.05) is 24.3 Å². The number of phenols is 1. The SMILES string of the molecule is CCCCC(OC(=O)Oc1ccc(-c2ccc(O)cc2)cc1)C(C)CC. The number of hydrogen-bond acceptors (Lipinski definition) is 4. The third-order valence-electron chi connectivity index (χ3n) is 4.62. The van der Waals surface area contributed by atoms with Gasteiger partial charge in [0.1, 0.15) is 17.6 Å². The molecular weight excluding hydrogens is 328 g/mol. The molecule has 26 heavy (non-hydrogen) atoms. The molecule has 0 amide bonds. The quantitative estimate of drug-likeness (QED) is 0.453. The molecule has 0 aliphatic rings. The van der Waals surface area contributed by atoms with Gasteiger partial charge in [0.2, 0.25) is 0 Å². The standard InChI is InChI=1S/C22H28O4/c1-4-6-7-21(16(3)5-2)26-22(24)25-20-14-10-18(11-15-20)17-8-12-19(23)13-9-17/h8-16,21,23H,4-7H2,1-3H3. The van der Waals surface area contributed by atoms with Gasteiger partial charge >= 0.3 is 6.16 Å². The Morgan fingerprint density at radius 1 is 1.00 bits per heavy atom. The van der Waals surface area contributed by atoms with Crippen molar-refractivity contribution in [1.82, 2.24) is 0 Å². The van der Waals surface area contributed by atoms with Gasteiger partial charge < -0.3 is 14.6 Å². The molecule has 2 aromatic carbocycles. The highest BCUT2D eigenvalue weighted by atomic mass is 16.7. The Morgan fingerprint density at radius 3 is 2.12 bits per heavy atom. The predicted octanol–water partition coefficient (Wildman–Crippen LogP) is 6.18. The maximum Gasteiger partial charge on any atom is 0.514 e. The van der Waals surface area contributed by atoms with Crippen molar-refractivity contribution in [2.24, 2.45) is 5.92 Å². The van der Waals surface area contributed by atoms with E-state index in [9.17, 15) is 9.90 Å². The van der Waals surface area contributed by atoms with Crippen LogP contribution in [0.2, 0.25) is 0 Å². The first kappa shape index (κ1) is 19.8. The number of hydrogen-bond donors (Lipinski definition) is 1. The third-order valence-corrected chi connectivity index (χ3v) is 4.62. The summed E-state index contributed by atoms with van der Waals surface area (Å²) in [4.78, 5) is 12.1. The molecule has 140 valence electrons. The Morgan fingerprint density at radius 2 is 1.58 bits per heavy atom. The Labute approximate surface area is 155 Å². The van der Waals surface area contributed by atoms with E-state index >= 15 is 0 Å². The summed E-state index contributed by atoms with van der Waals surface area (Å²) >= 11 is 0. The first-order valence-corrected chi connectivity index (χ1v) is 9.31. The summed E-state index contributed by atoms with van der Waals surface area (Å²) in [5.41, 5.74) is 1.96. The van der Waals surface area contributed by atoms with Crippen molar-refractivity contribution in [2.45, 2.75) is 52.6 Å². The summed E-state index contributed by atoms with van der Waals surface area (Å²) in [5, 5.41) is 9.36. The fraction of sp³-hybridized carbons (Fsp3) is 0.409. The summed E-state index contributed by atoms with van der Waals surface area (Å²) < 4.78 is 10.9. The fourth-order valence-electron chi connectivity index (χ4n) is 2.74. The lowest BCUT2D eigenvalue weighted by Crippen LogP contribution is -2.26. The Hall–Kier alpha value is -2.49. The van der Waals surface area contributed by atoms with Crippen LogP contribution in [0.25, 0.3) is 11.1 Å². The van der Waals surface area contributed by atoms with Crippen molar-refractivity contribution in [3.63, 3.8) is 0 Å². The second-order valence-corrected chi connectivity index (χ2v) is 6.61. The van der Waals surface area contributed by atoms with Crippen molar-refractivity contribution in [1.29, 1.82) is 0 Å². The van der Waals surface area contributed by atoms with Gasteiger partial charge in [-0.1, -0.05) is 64.3 Å². The average Bonchev–Trinajstić information content (AvgIpc) is 2.65. The van der Waals surface area contributed by atoms with Gasteiger partial charge in [0, 0.05) is 0 Å². The highest BCUT2D eigenvalue weighted by Crippen LogP contribution is 2.25. The van der Waals surface area contributed by atoms with Crippen LogP contribution in [-0.4, -0.2) is 17.4 Å². The molecule has 0 radical (unpaired) electrons. The lowest BCUT2D eigenvalue weighted by molar-refractivity contribution is 0.0277. The zero-order chi connectivity index (χ0) is 18.9. The Bertz CT molecular complexity index is 676. The number of rotatable bonds is 8. The molecule has 2 aromatic rings. The van der Waals surface area contributed by atoms with Crippen molar-refractivity contribution in [3.05, 3.63) is 48.5 Å². The van der Waals surface area contributed by atoms with Crippen LogP contribution in [0.3, 0.4) is 0 Å². The zero-order valence-corrected chi connectivity index (χ0v) is 15.8. The monoisotopic (exact) mass is 356 g/mol. The molecule has 2 unspecified atom stereocenters. The van der Waals surface area contributed by atoms with E-state index in [4.69, 9.17) is 9.47 Å². The first-order chi connectivity index (χ1) is 12.5. The molecule has 0 fully saturated rings. The normalized spacial score (nSPS) is 13.0. The predicted molar refractivity (Wildman–Crippen MR) is 103 cm³/mol. The zero-order valence-electron chi connectivity index (χ0n) is 15.8. The molecule has 2 atom stereocenters. The summed E-state index contributed by atoms with van der Waals surface area (Å²) in [6.07, 6.45) is 3.17. The van der Waals surface area contributed by atoms with Gasteiger partial charge in [-0.25, -0.2) is 4.79 Å². The topological polar surface area (TPSA) is 55.8 Å². The molecular formula is C22H28O4. The number of ether oxygens (including phenoxy) is 2. The molecule has 0 aliphatic heterocycles. The molecule has 0 saturated heterocycles. The van der Waals surface area contributed by atoms with Crippen molar-refractivity contribution in [2.75, 3.05) is 0 Å². The highest BCUT2D eigenvalue weighted by molar-refractivity contribution is 5.67. The third kappa shape index (κ3) is 5.80.